The van der Waals surface area contributed by atoms with Gasteiger partial charge in [0, 0.05) is 25.0 Å². The van der Waals surface area contributed by atoms with Crippen LogP contribution in [-0.4, -0.2) is 68.7 Å². The number of sulfonamides is 1. The second kappa shape index (κ2) is 8.83. The largest absolute Gasteiger partial charge is 0.487 e. The van der Waals surface area contributed by atoms with Crippen molar-refractivity contribution in [2.75, 3.05) is 33.8 Å². The van der Waals surface area contributed by atoms with Gasteiger partial charge in [0.25, 0.3) is 0 Å². The zero-order valence-corrected chi connectivity index (χ0v) is 18.3. The number of aliphatic hydroxyl groups is 1. The Balaban J connectivity index is 2.14. The highest BCUT2D eigenvalue weighted by Crippen LogP contribution is 2.36. The van der Waals surface area contributed by atoms with Crippen LogP contribution in [0.25, 0.3) is 11.1 Å². The monoisotopic (exact) mass is 418 g/mol. The minimum Gasteiger partial charge on any atom is -0.487 e. The molecule has 2 aromatic carbocycles. The van der Waals surface area contributed by atoms with Crippen LogP contribution >= 0.6 is 0 Å². The number of likely N-dealkylation sites (N-methyl/N-ethyl adjacent to an activating group) is 1. The molecule has 0 radical (unpaired) electrons. The molecule has 0 saturated heterocycles. The lowest BCUT2D eigenvalue weighted by Crippen LogP contribution is -2.49. The van der Waals surface area contributed by atoms with Crippen LogP contribution < -0.4 is 4.74 Å². The maximum atomic E-state index is 13.4. The van der Waals surface area contributed by atoms with Crippen molar-refractivity contribution in [1.29, 1.82) is 0 Å². The van der Waals surface area contributed by atoms with E-state index in [0.717, 1.165) is 11.1 Å². The Labute approximate surface area is 173 Å². The third kappa shape index (κ3) is 4.64. The molecule has 1 aliphatic rings. The van der Waals surface area contributed by atoms with Gasteiger partial charge < -0.3 is 14.7 Å². The van der Waals surface area contributed by atoms with Gasteiger partial charge in [-0.3, -0.25) is 0 Å². The van der Waals surface area contributed by atoms with Gasteiger partial charge in [0.15, 0.2) is 0 Å². The molecule has 0 aromatic heterocycles. The van der Waals surface area contributed by atoms with E-state index in [-0.39, 0.29) is 23.5 Å². The average molecular weight is 419 g/mol. The Morgan fingerprint density at radius 1 is 1.17 bits per heavy atom. The molecule has 2 aromatic rings. The molecule has 29 heavy (non-hydrogen) atoms. The molecule has 1 aliphatic heterocycles. The van der Waals surface area contributed by atoms with Crippen LogP contribution in [0.1, 0.15) is 13.8 Å². The van der Waals surface area contributed by atoms with Crippen molar-refractivity contribution in [3.63, 3.8) is 0 Å². The highest BCUT2D eigenvalue weighted by molar-refractivity contribution is 7.89. The number of hydrogen-bond acceptors (Lipinski definition) is 5. The van der Waals surface area contributed by atoms with Gasteiger partial charge in [-0.15, -0.1) is 0 Å². The first-order valence-electron chi connectivity index (χ1n) is 9.87. The van der Waals surface area contributed by atoms with Gasteiger partial charge >= 0.3 is 0 Å². The van der Waals surface area contributed by atoms with Crippen molar-refractivity contribution >= 4 is 10.0 Å². The Kier molecular flexibility index (Phi) is 6.63. The van der Waals surface area contributed by atoms with Crippen LogP contribution in [0.5, 0.6) is 5.75 Å². The van der Waals surface area contributed by atoms with Crippen LogP contribution in [0.15, 0.2) is 53.4 Å². The van der Waals surface area contributed by atoms with Crippen LogP contribution in [0.2, 0.25) is 0 Å². The lowest BCUT2D eigenvalue weighted by atomic mass is 10.0. The van der Waals surface area contributed by atoms with Crippen LogP contribution in [0.3, 0.4) is 0 Å². The minimum atomic E-state index is -3.80. The first-order chi connectivity index (χ1) is 13.7. The van der Waals surface area contributed by atoms with Gasteiger partial charge in [0.05, 0.1) is 6.61 Å². The Bertz CT molecular complexity index is 931. The van der Waals surface area contributed by atoms with E-state index < -0.39 is 16.1 Å². The fourth-order valence-corrected chi connectivity index (χ4v) is 5.44. The number of hydrogen-bond donors (Lipinski definition) is 1. The number of benzene rings is 2. The summed E-state index contributed by atoms with van der Waals surface area (Å²) in [5.74, 6) is 0.314. The van der Waals surface area contributed by atoms with E-state index in [1.165, 1.54) is 4.31 Å². The number of ether oxygens (including phenoxy) is 1. The SMILES string of the molecule is C[C@@H]1CN([C@@H](C)CO)S(=O)(=O)c2ccc(-c3ccccc3)cc2O[C@@H]1CN(C)C. The Morgan fingerprint density at radius 2 is 1.86 bits per heavy atom. The third-order valence-electron chi connectivity index (χ3n) is 5.32. The molecular formula is C22H30N2O4S. The summed E-state index contributed by atoms with van der Waals surface area (Å²) in [5.41, 5.74) is 1.90. The smallest absolute Gasteiger partial charge is 0.247 e. The molecule has 0 spiro atoms. The molecule has 0 amide bonds. The summed E-state index contributed by atoms with van der Waals surface area (Å²) in [4.78, 5) is 2.19. The van der Waals surface area contributed by atoms with Crippen molar-refractivity contribution in [3.8, 4) is 16.9 Å². The van der Waals surface area contributed by atoms with Crippen molar-refractivity contribution in [2.45, 2.75) is 30.9 Å². The second-order valence-corrected chi connectivity index (χ2v) is 9.89. The Morgan fingerprint density at radius 3 is 2.48 bits per heavy atom. The zero-order valence-electron chi connectivity index (χ0n) is 17.4. The maximum Gasteiger partial charge on any atom is 0.247 e. The number of rotatable bonds is 5. The molecule has 0 saturated carbocycles. The first-order valence-corrected chi connectivity index (χ1v) is 11.3. The molecule has 0 aliphatic carbocycles. The molecular weight excluding hydrogens is 388 g/mol. The summed E-state index contributed by atoms with van der Waals surface area (Å²) in [6, 6.07) is 14.5. The summed E-state index contributed by atoms with van der Waals surface area (Å²) in [6.45, 7) is 4.45. The highest BCUT2D eigenvalue weighted by atomic mass is 32.2. The van der Waals surface area contributed by atoms with Gasteiger partial charge in [-0.25, -0.2) is 8.42 Å². The van der Waals surface area contributed by atoms with Crippen LogP contribution in [0, 0.1) is 5.92 Å². The third-order valence-corrected chi connectivity index (χ3v) is 7.34. The normalized spacial score (nSPS) is 23.0. The molecule has 3 rings (SSSR count). The molecule has 0 unspecified atom stereocenters. The van der Waals surface area contributed by atoms with Crippen molar-refractivity contribution in [2.24, 2.45) is 5.92 Å². The summed E-state index contributed by atoms with van der Waals surface area (Å²) < 4.78 is 34.6. The van der Waals surface area contributed by atoms with Crippen molar-refractivity contribution in [3.05, 3.63) is 48.5 Å². The highest BCUT2D eigenvalue weighted by Gasteiger charge is 2.37. The van der Waals surface area contributed by atoms with E-state index in [9.17, 15) is 13.5 Å². The van der Waals surface area contributed by atoms with Gasteiger partial charge in [-0.1, -0.05) is 43.3 Å². The number of aliphatic hydroxyl groups excluding tert-OH is 1. The summed E-state index contributed by atoms with van der Waals surface area (Å²) in [5, 5.41) is 9.67. The molecule has 1 heterocycles. The molecule has 0 fully saturated rings. The van der Waals surface area contributed by atoms with E-state index in [0.29, 0.717) is 18.8 Å². The quantitative estimate of drug-likeness (QED) is 0.809. The fraction of sp³-hybridized carbons (Fsp3) is 0.455. The van der Waals surface area contributed by atoms with E-state index >= 15 is 0 Å². The molecule has 0 bridgehead atoms. The van der Waals surface area contributed by atoms with Crippen molar-refractivity contribution < 1.29 is 18.3 Å². The topological polar surface area (TPSA) is 70.1 Å². The van der Waals surface area contributed by atoms with Gasteiger partial charge in [-0.2, -0.15) is 4.31 Å². The van der Waals surface area contributed by atoms with Gasteiger partial charge in [-0.05, 0) is 44.3 Å². The van der Waals surface area contributed by atoms with E-state index in [1.807, 2.05) is 68.4 Å². The zero-order chi connectivity index (χ0) is 21.2. The maximum absolute atomic E-state index is 13.4. The summed E-state index contributed by atoms with van der Waals surface area (Å²) in [7, 11) is 0.143. The predicted octanol–water partition coefficient (Wildman–Crippen LogP) is 2.68. The minimum absolute atomic E-state index is 0.0466. The average Bonchev–Trinajstić information content (AvgIpc) is 2.70. The molecule has 1 N–H and O–H groups in total. The van der Waals surface area contributed by atoms with E-state index in [2.05, 4.69) is 0 Å². The molecule has 7 heteroatoms. The number of nitrogens with zero attached hydrogens (tertiary/aromatic N) is 2. The van der Waals surface area contributed by atoms with Gasteiger partial charge in [0.2, 0.25) is 10.0 Å². The lowest BCUT2D eigenvalue weighted by Gasteiger charge is -2.37. The van der Waals surface area contributed by atoms with Gasteiger partial charge in [0.1, 0.15) is 16.7 Å². The first kappa shape index (κ1) is 21.8. The second-order valence-electron chi connectivity index (χ2n) is 8.03. The molecule has 6 nitrogen and oxygen atoms in total. The standard InChI is InChI=1S/C22H30N2O4S/c1-16-13-24(17(2)15-25)29(26,27)22-11-10-19(18-8-6-5-7-9-18)12-20(22)28-21(16)14-23(3)4/h5-12,16-17,21,25H,13-15H2,1-4H3/t16-,17+,21-/m1/s1. The lowest BCUT2D eigenvalue weighted by molar-refractivity contribution is 0.0813. The number of fused-ring (bicyclic) bond motifs is 1. The predicted molar refractivity (Wildman–Crippen MR) is 114 cm³/mol. The summed E-state index contributed by atoms with van der Waals surface area (Å²) in [6.07, 6.45) is -0.182. The fourth-order valence-electron chi connectivity index (χ4n) is 3.61. The molecule has 3 atom stereocenters. The van der Waals surface area contributed by atoms with Crippen LogP contribution in [-0.2, 0) is 10.0 Å². The van der Waals surface area contributed by atoms with Crippen molar-refractivity contribution in [1.82, 2.24) is 9.21 Å². The summed E-state index contributed by atoms with van der Waals surface area (Å²) >= 11 is 0. The van der Waals surface area contributed by atoms with E-state index in [1.54, 1.807) is 13.0 Å². The van der Waals surface area contributed by atoms with Crippen LogP contribution in [0.4, 0.5) is 0 Å². The Hall–Kier alpha value is -1.93. The van der Waals surface area contributed by atoms with E-state index in [4.69, 9.17) is 4.74 Å². The molecule has 158 valence electrons.